The van der Waals surface area contributed by atoms with Crippen LogP contribution in [0.15, 0.2) is 97.2 Å². The summed E-state index contributed by atoms with van der Waals surface area (Å²) in [6.07, 6.45) is 92.0. The Morgan fingerprint density at radius 2 is 0.525 bits per heavy atom. The van der Waals surface area contributed by atoms with E-state index in [0.717, 1.165) is 89.9 Å². The summed E-state index contributed by atoms with van der Waals surface area (Å²) in [7, 11) is 0. The average Bonchev–Trinajstić information content (AvgIpc) is 3.46. The van der Waals surface area contributed by atoms with Crippen LogP contribution < -0.4 is 0 Å². The van der Waals surface area contributed by atoms with Gasteiger partial charge in [-0.15, -0.1) is 0 Å². The highest BCUT2D eigenvalue weighted by molar-refractivity contribution is 5.72. The van der Waals surface area contributed by atoms with Gasteiger partial charge in [0.05, 0.1) is 6.42 Å². The number of unbranched alkanes of at least 4 members (excludes halogenated alkanes) is 36. The number of rotatable bonds is 62. The summed E-state index contributed by atoms with van der Waals surface area (Å²) in [4.78, 5) is 38.2. The molecule has 0 saturated carbocycles. The van der Waals surface area contributed by atoms with E-state index in [2.05, 4.69) is 106 Å². The minimum atomic E-state index is -0.834. The molecule has 0 N–H and O–H groups in total. The van der Waals surface area contributed by atoms with Crippen LogP contribution in [0.2, 0.25) is 0 Å². The molecule has 0 aromatic rings. The summed E-state index contributed by atoms with van der Waals surface area (Å²) in [5, 5.41) is 0. The highest BCUT2D eigenvalue weighted by Crippen LogP contribution is 2.17. The molecule has 1 unspecified atom stereocenters. The number of hydrogen-bond acceptors (Lipinski definition) is 6. The largest absolute Gasteiger partial charge is 0.462 e. The molecule has 1 atom stereocenters. The second kappa shape index (κ2) is 67.8. The maximum atomic E-state index is 12.8. The minimum absolute atomic E-state index is 0.0959. The summed E-state index contributed by atoms with van der Waals surface area (Å²) in [5.74, 6) is -1.05. The molecular weight excluding hydrogens is 985 g/mol. The van der Waals surface area contributed by atoms with Gasteiger partial charge in [-0.1, -0.05) is 311 Å². The normalized spacial score (nSPS) is 12.7. The van der Waals surface area contributed by atoms with E-state index in [1.54, 1.807) is 6.08 Å². The highest BCUT2D eigenvalue weighted by atomic mass is 16.6. The summed E-state index contributed by atoms with van der Waals surface area (Å²) in [6, 6.07) is 0. The third-order valence-corrected chi connectivity index (χ3v) is 14.8. The Balaban J connectivity index is 4.12. The molecule has 0 aliphatic carbocycles. The van der Waals surface area contributed by atoms with Crippen LogP contribution in [0.4, 0.5) is 0 Å². The number of allylic oxidation sites excluding steroid dienone is 15. The van der Waals surface area contributed by atoms with E-state index in [-0.39, 0.29) is 31.6 Å². The van der Waals surface area contributed by atoms with Crippen LogP contribution in [0.25, 0.3) is 0 Å². The van der Waals surface area contributed by atoms with Gasteiger partial charge in [-0.05, 0) is 103 Å². The van der Waals surface area contributed by atoms with Crippen molar-refractivity contribution in [3.05, 3.63) is 97.2 Å². The predicted octanol–water partition coefficient (Wildman–Crippen LogP) is 23.6. The van der Waals surface area contributed by atoms with Gasteiger partial charge in [0, 0.05) is 12.8 Å². The molecule has 0 aromatic heterocycles. The third-order valence-electron chi connectivity index (χ3n) is 14.8. The van der Waals surface area contributed by atoms with Crippen LogP contribution in [0.1, 0.15) is 335 Å². The summed E-state index contributed by atoms with van der Waals surface area (Å²) in [6.45, 7) is 6.43. The molecule has 0 radical (unpaired) electrons. The SMILES string of the molecule is CC/C=C\C/C=C\C/C=C\C/C=C\C/C=C\CC(=O)OC(COC(=O)CCCCCCC/C=C\CCCCC)COC(=O)CCCCCCCCCCCCCCCCCCCCCCCCC/C=C\C/C=C\CCCCCCC. The first-order valence-corrected chi connectivity index (χ1v) is 34.2. The monoisotopic (exact) mass is 1110 g/mol. The van der Waals surface area contributed by atoms with Gasteiger partial charge in [-0.2, -0.15) is 0 Å². The van der Waals surface area contributed by atoms with Gasteiger partial charge in [-0.25, -0.2) is 0 Å². The van der Waals surface area contributed by atoms with Crippen LogP contribution in [0, 0.1) is 0 Å². The molecule has 0 aliphatic heterocycles. The summed E-state index contributed by atoms with van der Waals surface area (Å²) >= 11 is 0. The molecule has 0 saturated heterocycles. The molecule has 0 rings (SSSR count). The van der Waals surface area contributed by atoms with Crippen molar-refractivity contribution >= 4 is 17.9 Å². The standard InChI is InChI=1S/C74H128O6/c1-4-7-10-13-16-19-22-25-27-28-29-30-31-32-33-34-35-36-37-38-39-40-41-42-43-44-45-46-48-49-52-55-58-61-64-67-73(76)79-70-71(69-78-72(75)66-63-60-57-54-51-24-21-18-15-12-9-6-3)80-74(77)68-65-62-59-56-53-50-47-26-23-20-17-14-11-8-5-2/h8,11,17-18,20-22,25-26,28-29,47,53,56,62,65,71H,4-7,9-10,12-16,19,23-24,27,30-46,48-52,54-55,57-61,63-64,66-70H2,1-3H3/b11-8-,20-17-,21-18-,25-22-,29-28-,47-26-,56-53-,65-62-. The van der Waals surface area contributed by atoms with Crippen molar-refractivity contribution in [1.82, 2.24) is 0 Å². The molecule has 0 aliphatic rings. The molecule has 0 heterocycles. The molecule has 0 amide bonds. The van der Waals surface area contributed by atoms with Gasteiger partial charge in [0.2, 0.25) is 0 Å². The smallest absolute Gasteiger partial charge is 0.310 e. The molecule has 460 valence electrons. The van der Waals surface area contributed by atoms with Crippen molar-refractivity contribution in [2.75, 3.05) is 13.2 Å². The first kappa shape index (κ1) is 76.3. The van der Waals surface area contributed by atoms with Gasteiger partial charge >= 0.3 is 17.9 Å². The Morgan fingerprint density at radius 1 is 0.275 bits per heavy atom. The van der Waals surface area contributed by atoms with E-state index in [1.807, 2.05) is 6.08 Å². The lowest BCUT2D eigenvalue weighted by Crippen LogP contribution is -2.30. The Bertz CT molecular complexity index is 1560. The number of carbonyl (C=O) groups excluding carboxylic acids is 3. The molecule has 6 nitrogen and oxygen atoms in total. The quantitative estimate of drug-likeness (QED) is 0.0261. The Kier molecular flexibility index (Phi) is 64.7. The van der Waals surface area contributed by atoms with Crippen molar-refractivity contribution in [2.45, 2.75) is 341 Å². The van der Waals surface area contributed by atoms with Crippen molar-refractivity contribution in [3.8, 4) is 0 Å². The van der Waals surface area contributed by atoms with Gasteiger partial charge in [0.15, 0.2) is 6.10 Å². The Hall–Kier alpha value is -3.67. The molecule has 0 fully saturated rings. The number of ether oxygens (including phenoxy) is 3. The second-order valence-electron chi connectivity index (χ2n) is 22.7. The first-order chi connectivity index (χ1) is 39.5. The number of carbonyl (C=O) groups is 3. The van der Waals surface area contributed by atoms with Gasteiger partial charge in [-0.3, -0.25) is 14.4 Å². The Morgan fingerprint density at radius 3 is 0.863 bits per heavy atom. The zero-order valence-corrected chi connectivity index (χ0v) is 52.8. The molecular formula is C74H128O6. The van der Waals surface area contributed by atoms with Crippen LogP contribution in [0.5, 0.6) is 0 Å². The van der Waals surface area contributed by atoms with Crippen LogP contribution in [-0.2, 0) is 28.6 Å². The lowest BCUT2D eigenvalue weighted by Gasteiger charge is -2.18. The summed E-state index contributed by atoms with van der Waals surface area (Å²) in [5.41, 5.74) is 0. The van der Waals surface area contributed by atoms with Crippen molar-refractivity contribution in [1.29, 1.82) is 0 Å². The first-order valence-electron chi connectivity index (χ1n) is 34.2. The van der Waals surface area contributed by atoms with E-state index in [9.17, 15) is 14.4 Å². The van der Waals surface area contributed by atoms with E-state index in [0.29, 0.717) is 12.8 Å². The lowest BCUT2D eigenvalue weighted by atomic mass is 10.0. The van der Waals surface area contributed by atoms with Crippen molar-refractivity contribution in [2.24, 2.45) is 0 Å². The lowest BCUT2D eigenvalue weighted by molar-refractivity contribution is -0.166. The number of esters is 3. The van der Waals surface area contributed by atoms with E-state index in [1.165, 1.54) is 205 Å². The molecule has 0 spiro atoms. The maximum absolute atomic E-state index is 12.8. The molecule has 6 heteroatoms. The molecule has 80 heavy (non-hydrogen) atoms. The number of hydrogen-bond donors (Lipinski definition) is 0. The van der Waals surface area contributed by atoms with Crippen LogP contribution in [0.3, 0.4) is 0 Å². The van der Waals surface area contributed by atoms with Gasteiger partial charge in [0.1, 0.15) is 13.2 Å². The van der Waals surface area contributed by atoms with E-state index < -0.39 is 12.1 Å². The summed E-state index contributed by atoms with van der Waals surface area (Å²) < 4.78 is 16.8. The predicted molar refractivity (Wildman–Crippen MR) is 348 cm³/mol. The maximum Gasteiger partial charge on any atom is 0.310 e. The third kappa shape index (κ3) is 65.1. The highest BCUT2D eigenvalue weighted by Gasteiger charge is 2.19. The minimum Gasteiger partial charge on any atom is -0.462 e. The average molecular weight is 1110 g/mol. The molecule has 0 bridgehead atoms. The fraction of sp³-hybridized carbons (Fsp3) is 0.743. The Labute approximate surface area is 496 Å². The zero-order valence-electron chi connectivity index (χ0n) is 52.8. The topological polar surface area (TPSA) is 78.9 Å². The van der Waals surface area contributed by atoms with E-state index in [4.69, 9.17) is 14.2 Å². The second-order valence-corrected chi connectivity index (χ2v) is 22.7. The van der Waals surface area contributed by atoms with Crippen molar-refractivity contribution in [3.63, 3.8) is 0 Å². The van der Waals surface area contributed by atoms with Crippen molar-refractivity contribution < 1.29 is 28.6 Å². The van der Waals surface area contributed by atoms with E-state index >= 15 is 0 Å². The fourth-order valence-electron chi connectivity index (χ4n) is 9.72. The van der Waals surface area contributed by atoms with Gasteiger partial charge < -0.3 is 14.2 Å². The fourth-order valence-corrected chi connectivity index (χ4v) is 9.72. The van der Waals surface area contributed by atoms with Crippen LogP contribution >= 0.6 is 0 Å². The van der Waals surface area contributed by atoms with Gasteiger partial charge in [0.25, 0.3) is 0 Å². The molecule has 0 aromatic carbocycles. The zero-order chi connectivity index (χ0) is 57.8. The van der Waals surface area contributed by atoms with Crippen LogP contribution in [-0.4, -0.2) is 37.2 Å².